The lowest BCUT2D eigenvalue weighted by Crippen LogP contribution is -2.27. The SMILES string of the molecule is CC(C(=O)OC(C)(C)C)c1cccc(F)c1F. The molecule has 0 saturated heterocycles. The molecular weight excluding hydrogens is 226 g/mol. The summed E-state index contributed by atoms with van der Waals surface area (Å²) in [6, 6.07) is 3.77. The molecule has 1 rings (SSSR count). The first kappa shape index (κ1) is 13.6. The number of benzene rings is 1. The molecule has 0 spiro atoms. The average Bonchev–Trinajstić information content (AvgIpc) is 2.18. The number of carbonyl (C=O) groups excluding carboxylic acids is 1. The van der Waals surface area contributed by atoms with Gasteiger partial charge in [-0.2, -0.15) is 0 Å². The summed E-state index contributed by atoms with van der Waals surface area (Å²) in [5, 5.41) is 0. The summed E-state index contributed by atoms with van der Waals surface area (Å²) in [5.74, 6) is -3.35. The Kier molecular flexibility index (Phi) is 3.86. The summed E-state index contributed by atoms with van der Waals surface area (Å²) in [6.07, 6.45) is 0. The number of carbonyl (C=O) groups is 1. The van der Waals surface area contributed by atoms with Gasteiger partial charge in [0.1, 0.15) is 5.60 Å². The van der Waals surface area contributed by atoms with Crippen molar-refractivity contribution in [3.63, 3.8) is 0 Å². The van der Waals surface area contributed by atoms with Crippen molar-refractivity contribution in [2.75, 3.05) is 0 Å². The van der Waals surface area contributed by atoms with E-state index in [1.54, 1.807) is 20.8 Å². The van der Waals surface area contributed by atoms with E-state index < -0.39 is 29.1 Å². The summed E-state index contributed by atoms with van der Waals surface area (Å²) < 4.78 is 31.6. The lowest BCUT2D eigenvalue weighted by molar-refractivity contribution is -0.156. The smallest absolute Gasteiger partial charge is 0.313 e. The molecule has 0 N–H and O–H groups in total. The third-order valence-electron chi connectivity index (χ3n) is 2.21. The average molecular weight is 242 g/mol. The van der Waals surface area contributed by atoms with Crippen molar-refractivity contribution in [1.82, 2.24) is 0 Å². The van der Waals surface area contributed by atoms with Gasteiger partial charge in [-0.05, 0) is 33.8 Å². The molecule has 0 aliphatic rings. The topological polar surface area (TPSA) is 26.3 Å². The van der Waals surface area contributed by atoms with Crippen molar-refractivity contribution < 1.29 is 18.3 Å². The van der Waals surface area contributed by atoms with Gasteiger partial charge in [0.2, 0.25) is 0 Å². The Bertz CT molecular complexity index is 422. The van der Waals surface area contributed by atoms with E-state index in [-0.39, 0.29) is 5.56 Å². The largest absolute Gasteiger partial charge is 0.460 e. The molecule has 0 radical (unpaired) electrons. The minimum Gasteiger partial charge on any atom is -0.460 e. The zero-order chi connectivity index (χ0) is 13.2. The van der Waals surface area contributed by atoms with E-state index >= 15 is 0 Å². The predicted octanol–water partition coefficient (Wildman–Crippen LogP) is 3.41. The molecule has 4 heteroatoms. The van der Waals surface area contributed by atoms with Crippen molar-refractivity contribution in [3.05, 3.63) is 35.4 Å². The zero-order valence-electron chi connectivity index (χ0n) is 10.4. The number of hydrogen-bond acceptors (Lipinski definition) is 2. The molecule has 0 amide bonds. The van der Waals surface area contributed by atoms with Gasteiger partial charge in [-0.1, -0.05) is 12.1 Å². The van der Waals surface area contributed by atoms with Crippen LogP contribution in [0.1, 0.15) is 39.2 Å². The van der Waals surface area contributed by atoms with E-state index in [1.165, 1.54) is 19.1 Å². The molecule has 1 atom stereocenters. The normalized spacial score (nSPS) is 13.3. The highest BCUT2D eigenvalue weighted by Gasteiger charge is 2.25. The van der Waals surface area contributed by atoms with Gasteiger partial charge in [0.05, 0.1) is 5.92 Å². The number of ether oxygens (including phenoxy) is 1. The standard InChI is InChI=1S/C13H16F2O2/c1-8(12(16)17-13(2,3)4)9-6-5-7-10(14)11(9)15/h5-8H,1-4H3. The Morgan fingerprint density at radius 3 is 2.41 bits per heavy atom. The second-order valence-electron chi connectivity index (χ2n) is 4.90. The van der Waals surface area contributed by atoms with E-state index in [1.807, 2.05) is 0 Å². The molecule has 0 aliphatic heterocycles. The first-order valence-corrected chi connectivity index (χ1v) is 5.39. The summed E-state index contributed by atoms with van der Waals surface area (Å²) in [5.41, 5.74) is -0.631. The van der Waals surface area contributed by atoms with Crippen LogP contribution in [0.15, 0.2) is 18.2 Å². The first-order chi connectivity index (χ1) is 7.72. The fraction of sp³-hybridized carbons (Fsp3) is 0.462. The van der Waals surface area contributed by atoms with Crippen LogP contribution in [0.3, 0.4) is 0 Å². The van der Waals surface area contributed by atoms with E-state index in [0.29, 0.717) is 0 Å². The Balaban J connectivity index is 2.93. The summed E-state index contributed by atoms with van der Waals surface area (Å²) in [4.78, 5) is 11.7. The van der Waals surface area contributed by atoms with Crippen molar-refractivity contribution in [3.8, 4) is 0 Å². The van der Waals surface area contributed by atoms with Gasteiger partial charge in [0.15, 0.2) is 11.6 Å². The van der Waals surface area contributed by atoms with E-state index in [2.05, 4.69) is 0 Å². The Hall–Kier alpha value is -1.45. The molecule has 94 valence electrons. The van der Waals surface area contributed by atoms with Crippen molar-refractivity contribution in [2.24, 2.45) is 0 Å². The van der Waals surface area contributed by atoms with Crippen LogP contribution in [0.25, 0.3) is 0 Å². The number of rotatable bonds is 2. The molecular formula is C13H16F2O2. The molecule has 0 saturated carbocycles. The maximum Gasteiger partial charge on any atom is 0.313 e. The van der Waals surface area contributed by atoms with Gasteiger partial charge < -0.3 is 4.74 Å². The van der Waals surface area contributed by atoms with Crippen molar-refractivity contribution >= 4 is 5.97 Å². The molecule has 17 heavy (non-hydrogen) atoms. The highest BCUT2D eigenvalue weighted by molar-refractivity contribution is 5.78. The minimum absolute atomic E-state index is 0.0132. The monoisotopic (exact) mass is 242 g/mol. The summed E-state index contributed by atoms with van der Waals surface area (Å²) >= 11 is 0. The van der Waals surface area contributed by atoms with Gasteiger partial charge in [0, 0.05) is 5.56 Å². The van der Waals surface area contributed by atoms with E-state index in [9.17, 15) is 13.6 Å². The van der Waals surface area contributed by atoms with Crippen LogP contribution >= 0.6 is 0 Å². The molecule has 0 bridgehead atoms. The Morgan fingerprint density at radius 2 is 1.88 bits per heavy atom. The van der Waals surface area contributed by atoms with Gasteiger partial charge in [0.25, 0.3) is 0 Å². The lowest BCUT2D eigenvalue weighted by Gasteiger charge is -2.22. The molecule has 1 aromatic rings. The third kappa shape index (κ3) is 3.51. The molecule has 0 aromatic heterocycles. The van der Waals surface area contributed by atoms with Crippen LogP contribution in [0.2, 0.25) is 0 Å². The maximum atomic E-state index is 13.5. The molecule has 2 nitrogen and oxygen atoms in total. The van der Waals surface area contributed by atoms with Crippen LogP contribution < -0.4 is 0 Å². The third-order valence-corrected chi connectivity index (χ3v) is 2.21. The minimum atomic E-state index is -0.995. The number of esters is 1. The quantitative estimate of drug-likeness (QED) is 0.743. The van der Waals surface area contributed by atoms with Gasteiger partial charge in [-0.3, -0.25) is 4.79 Å². The summed E-state index contributed by atoms with van der Waals surface area (Å²) in [7, 11) is 0. The predicted molar refractivity (Wildman–Crippen MR) is 60.6 cm³/mol. The van der Waals surface area contributed by atoms with Gasteiger partial charge >= 0.3 is 5.97 Å². The van der Waals surface area contributed by atoms with Crippen LogP contribution in [-0.2, 0) is 9.53 Å². The highest BCUT2D eigenvalue weighted by atomic mass is 19.2. The lowest BCUT2D eigenvalue weighted by atomic mass is 10.00. The fourth-order valence-corrected chi connectivity index (χ4v) is 1.37. The zero-order valence-corrected chi connectivity index (χ0v) is 10.4. The van der Waals surface area contributed by atoms with Crippen LogP contribution in [-0.4, -0.2) is 11.6 Å². The Labute approximate surface area is 99.6 Å². The fourth-order valence-electron chi connectivity index (χ4n) is 1.37. The van der Waals surface area contributed by atoms with E-state index in [0.717, 1.165) is 6.07 Å². The first-order valence-electron chi connectivity index (χ1n) is 5.39. The number of hydrogen-bond donors (Lipinski definition) is 0. The summed E-state index contributed by atoms with van der Waals surface area (Å²) in [6.45, 7) is 6.66. The number of halogens is 2. The van der Waals surface area contributed by atoms with Crippen molar-refractivity contribution in [1.29, 1.82) is 0 Å². The second-order valence-corrected chi connectivity index (χ2v) is 4.90. The molecule has 1 aromatic carbocycles. The Morgan fingerprint density at radius 1 is 1.29 bits per heavy atom. The molecule has 0 aliphatic carbocycles. The highest BCUT2D eigenvalue weighted by Crippen LogP contribution is 2.24. The molecule has 1 unspecified atom stereocenters. The van der Waals surface area contributed by atoms with Gasteiger partial charge in [-0.25, -0.2) is 8.78 Å². The van der Waals surface area contributed by atoms with Crippen LogP contribution in [0, 0.1) is 11.6 Å². The second kappa shape index (κ2) is 4.82. The van der Waals surface area contributed by atoms with Crippen LogP contribution in [0.4, 0.5) is 8.78 Å². The maximum absolute atomic E-state index is 13.5. The molecule has 0 fully saturated rings. The van der Waals surface area contributed by atoms with Crippen molar-refractivity contribution in [2.45, 2.75) is 39.2 Å². The van der Waals surface area contributed by atoms with Gasteiger partial charge in [-0.15, -0.1) is 0 Å². The van der Waals surface area contributed by atoms with Crippen LogP contribution in [0.5, 0.6) is 0 Å². The van der Waals surface area contributed by atoms with E-state index in [4.69, 9.17) is 4.74 Å². The molecule has 0 heterocycles.